The lowest BCUT2D eigenvalue weighted by Gasteiger charge is -2.06. The first-order valence-electron chi connectivity index (χ1n) is 6.26. The fraction of sp³-hybridized carbons (Fsp3) is 0.462. The summed E-state index contributed by atoms with van der Waals surface area (Å²) < 4.78 is 1.43. The van der Waals surface area contributed by atoms with Crippen LogP contribution >= 0.6 is 0 Å². The first-order chi connectivity index (χ1) is 8.68. The molecule has 0 saturated heterocycles. The van der Waals surface area contributed by atoms with E-state index in [1.54, 1.807) is 12.1 Å². The maximum atomic E-state index is 12.1. The molecule has 1 aromatic heterocycles. The van der Waals surface area contributed by atoms with E-state index in [0.29, 0.717) is 17.4 Å². The molecular formula is C13H18N4O. The standard InChI is InChI=1S/C13H18N4O/c1-10(14)6-4-5-9-17-13(18)11-7-2-3-8-12(11)15-16-17/h2-3,7-8,10H,4-6,9,14H2,1H3. The Hall–Kier alpha value is -1.75. The predicted octanol–water partition coefficient (Wildman–Crippen LogP) is 1.31. The van der Waals surface area contributed by atoms with Gasteiger partial charge in [0.05, 0.1) is 5.39 Å². The van der Waals surface area contributed by atoms with Crippen molar-refractivity contribution in [2.45, 2.75) is 38.8 Å². The summed E-state index contributed by atoms with van der Waals surface area (Å²) in [5, 5.41) is 8.61. The minimum atomic E-state index is -0.0682. The van der Waals surface area contributed by atoms with Crippen molar-refractivity contribution in [1.82, 2.24) is 15.0 Å². The fourth-order valence-corrected chi connectivity index (χ4v) is 1.90. The summed E-state index contributed by atoms with van der Waals surface area (Å²) in [5.74, 6) is 0. The van der Waals surface area contributed by atoms with E-state index in [2.05, 4.69) is 10.3 Å². The molecule has 2 rings (SSSR count). The number of rotatable bonds is 5. The van der Waals surface area contributed by atoms with Gasteiger partial charge in [-0.25, -0.2) is 4.68 Å². The summed E-state index contributed by atoms with van der Waals surface area (Å²) in [6.45, 7) is 2.59. The molecular weight excluding hydrogens is 228 g/mol. The molecule has 0 aliphatic heterocycles. The maximum Gasteiger partial charge on any atom is 0.277 e. The number of nitrogens with two attached hydrogens (primary N) is 1. The zero-order chi connectivity index (χ0) is 13.0. The molecule has 1 heterocycles. The van der Waals surface area contributed by atoms with Gasteiger partial charge >= 0.3 is 0 Å². The summed E-state index contributed by atoms with van der Waals surface area (Å²) in [5.41, 5.74) is 6.26. The third-order valence-electron chi connectivity index (χ3n) is 2.91. The van der Waals surface area contributed by atoms with Crippen LogP contribution in [0.25, 0.3) is 10.9 Å². The molecule has 1 atom stereocenters. The molecule has 18 heavy (non-hydrogen) atoms. The highest BCUT2D eigenvalue weighted by Gasteiger charge is 2.04. The van der Waals surface area contributed by atoms with E-state index in [9.17, 15) is 4.79 Å². The van der Waals surface area contributed by atoms with Crippen LogP contribution in [0, 0.1) is 0 Å². The van der Waals surface area contributed by atoms with E-state index in [-0.39, 0.29) is 11.6 Å². The second kappa shape index (κ2) is 5.73. The van der Waals surface area contributed by atoms with Gasteiger partial charge < -0.3 is 5.73 Å². The Morgan fingerprint density at radius 3 is 2.89 bits per heavy atom. The smallest absolute Gasteiger partial charge is 0.277 e. The fourth-order valence-electron chi connectivity index (χ4n) is 1.90. The Morgan fingerprint density at radius 2 is 2.11 bits per heavy atom. The van der Waals surface area contributed by atoms with E-state index in [4.69, 9.17) is 5.73 Å². The Balaban J connectivity index is 2.10. The highest BCUT2D eigenvalue weighted by atomic mass is 16.1. The largest absolute Gasteiger partial charge is 0.328 e. The van der Waals surface area contributed by atoms with Gasteiger partial charge in [-0.1, -0.05) is 23.8 Å². The zero-order valence-corrected chi connectivity index (χ0v) is 10.5. The molecule has 0 bridgehead atoms. The summed E-state index contributed by atoms with van der Waals surface area (Å²) in [6, 6.07) is 7.48. The number of hydrogen-bond acceptors (Lipinski definition) is 4. The molecule has 0 radical (unpaired) electrons. The van der Waals surface area contributed by atoms with Gasteiger partial charge in [-0.2, -0.15) is 0 Å². The van der Waals surface area contributed by atoms with Crippen LogP contribution in [-0.4, -0.2) is 21.0 Å². The number of aryl methyl sites for hydroxylation is 1. The molecule has 2 N–H and O–H groups in total. The molecule has 0 fully saturated rings. The average Bonchev–Trinajstić information content (AvgIpc) is 2.37. The zero-order valence-electron chi connectivity index (χ0n) is 10.5. The third kappa shape index (κ3) is 2.92. The van der Waals surface area contributed by atoms with Crippen LogP contribution in [0.15, 0.2) is 29.1 Å². The number of benzene rings is 1. The average molecular weight is 246 g/mol. The summed E-state index contributed by atoms with van der Waals surface area (Å²) >= 11 is 0. The van der Waals surface area contributed by atoms with E-state index >= 15 is 0 Å². The number of nitrogens with zero attached hydrogens (tertiary/aromatic N) is 3. The van der Waals surface area contributed by atoms with Crippen molar-refractivity contribution in [2.24, 2.45) is 5.73 Å². The lowest BCUT2D eigenvalue weighted by atomic mass is 10.1. The Kier molecular flexibility index (Phi) is 4.04. The van der Waals surface area contributed by atoms with Gasteiger partial charge in [0.1, 0.15) is 5.52 Å². The monoisotopic (exact) mass is 246 g/mol. The minimum absolute atomic E-state index is 0.0682. The van der Waals surface area contributed by atoms with Crippen LogP contribution in [0.4, 0.5) is 0 Å². The molecule has 0 spiro atoms. The van der Waals surface area contributed by atoms with Gasteiger partial charge in [-0.3, -0.25) is 4.79 Å². The molecule has 0 aliphatic carbocycles. The van der Waals surface area contributed by atoms with Crippen molar-refractivity contribution in [3.8, 4) is 0 Å². The van der Waals surface area contributed by atoms with E-state index < -0.39 is 0 Å². The van der Waals surface area contributed by atoms with Gasteiger partial charge in [0.25, 0.3) is 5.56 Å². The van der Waals surface area contributed by atoms with Gasteiger partial charge in [-0.15, -0.1) is 5.10 Å². The molecule has 1 unspecified atom stereocenters. The van der Waals surface area contributed by atoms with Gasteiger partial charge in [0, 0.05) is 12.6 Å². The second-order valence-corrected chi connectivity index (χ2v) is 4.61. The molecule has 5 nitrogen and oxygen atoms in total. The number of aromatic nitrogens is 3. The maximum absolute atomic E-state index is 12.1. The summed E-state index contributed by atoms with van der Waals surface area (Å²) in [7, 11) is 0. The van der Waals surface area contributed by atoms with Crippen LogP contribution in [0.1, 0.15) is 26.2 Å². The number of unbranched alkanes of at least 4 members (excludes halogenated alkanes) is 1. The summed E-state index contributed by atoms with van der Waals surface area (Å²) in [6.07, 6.45) is 2.86. The first kappa shape index (κ1) is 12.7. The van der Waals surface area contributed by atoms with Crippen molar-refractivity contribution in [2.75, 3.05) is 0 Å². The first-order valence-corrected chi connectivity index (χ1v) is 6.26. The lowest BCUT2D eigenvalue weighted by molar-refractivity contribution is 0.490. The topological polar surface area (TPSA) is 73.8 Å². The summed E-state index contributed by atoms with van der Waals surface area (Å²) in [4.78, 5) is 12.1. The van der Waals surface area contributed by atoms with Gasteiger partial charge in [-0.05, 0) is 31.9 Å². The number of fused-ring (bicyclic) bond motifs is 1. The molecule has 1 aromatic carbocycles. The van der Waals surface area contributed by atoms with Crippen molar-refractivity contribution in [1.29, 1.82) is 0 Å². The van der Waals surface area contributed by atoms with Gasteiger partial charge in [0.15, 0.2) is 0 Å². The van der Waals surface area contributed by atoms with Crippen LogP contribution < -0.4 is 11.3 Å². The van der Waals surface area contributed by atoms with Crippen molar-refractivity contribution in [3.05, 3.63) is 34.6 Å². The molecule has 0 amide bonds. The van der Waals surface area contributed by atoms with Crippen LogP contribution in [0.2, 0.25) is 0 Å². The molecule has 5 heteroatoms. The highest BCUT2D eigenvalue weighted by molar-refractivity contribution is 5.76. The van der Waals surface area contributed by atoms with Gasteiger partial charge in [0.2, 0.25) is 0 Å². The molecule has 2 aromatic rings. The molecule has 0 saturated carbocycles. The second-order valence-electron chi connectivity index (χ2n) is 4.61. The van der Waals surface area contributed by atoms with E-state index in [1.165, 1.54) is 4.68 Å². The molecule has 0 aliphatic rings. The lowest BCUT2D eigenvalue weighted by Crippen LogP contribution is -2.24. The Morgan fingerprint density at radius 1 is 1.33 bits per heavy atom. The SMILES string of the molecule is CC(N)CCCCn1nnc2ccccc2c1=O. The van der Waals surface area contributed by atoms with Crippen molar-refractivity contribution >= 4 is 10.9 Å². The van der Waals surface area contributed by atoms with Crippen molar-refractivity contribution in [3.63, 3.8) is 0 Å². The molecule has 96 valence electrons. The normalized spacial score (nSPS) is 12.8. The number of hydrogen-bond donors (Lipinski definition) is 1. The van der Waals surface area contributed by atoms with E-state index in [0.717, 1.165) is 19.3 Å². The van der Waals surface area contributed by atoms with Crippen LogP contribution in [-0.2, 0) is 6.54 Å². The van der Waals surface area contributed by atoms with E-state index in [1.807, 2.05) is 19.1 Å². The van der Waals surface area contributed by atoms with Crippen LogP contribution in [0.5, 0.6) is 0 Å². The Bertz CT molecular complexity index is 576. The van der Waals surface area contributed by atoms with Crippen molar-refractivity contribution < 1.29 is 0 Å². The Labute approximate surface area is 106 Å². The quantitative estimate of drug-likeness (QED) is 0.807. The van der Waals surface area contributed by atoms with Crippen LogP contribution in [0.3, 0.4) is 0 Å². The third-order valence-corrected chi connectivity index (χ3v) is 2.91. The highest BCUT2D eigenvalue weighted by Crippen LogP contribution is 2.04. The minimum Gasteiger partial charge on any atom is -0.328 e. The predicted molar refractivity (Wildman–Crippen MR) is 71.3 cm³/mol.